The summed E-state index contributed by atoms with van der Waals surface area (Å²) in [6, 6.07) is 7.37. The number of hydrogen-bond donors (Lipinski definition) is 2. The van der Waals surface area contributed by atoms with Crippen molar-refractivity contribution in [2.45, 2.75) is 19.1 Å². The molecule has 0 spiro atoms. The van der Waals surface area contributed by atoms with Crippen LogP contribution in [0.5, 0.6) is 5.75 Å². The van der Waals surface area contributed by atoms with Gasteiger partial charge in [0.05, 0.1) is 5.02 Å². The molecule has 94 valence electrons. The molecule has 0 heterocycles. The first-order valence-corrected chi connectivity index (χ1v) is 5.92. The molecule has 1 aromatic carbocycles. The first-order valence-electron chi connectivity index (χ1n) is 5.54. The van der Waals surface area contributed by atoms with E-state index in [4.69, 9.17) is 16.3 Å². The SMILES string of the molecule is C=CC(C)NCC(O)COc1ccccc1Cl. The molecular formula is C13H18ClNO2. The lowest BCUT2D eigenvalue weighted by molar-refractivity contribution is 0.105. The number of para-hydroxylation sites is 1. The van der Waals surface area contributed by atoms with Crippen molar-refractivity contribution in [1.29, 1.82) is 0 Å². The Morgan fingerprint density at radius 3 is 2.88 bits per heavy atom. The predicted octanol–water partition coefficient (Wildman–Crippen LogP) is 2.24. The van der Waals surface area contributed by atoms with Crippen LogP contribution in [-0.4, -0.2) is 30.4 Å². The molecule has 2 N–H and O–H groups in total. The second-order valence-corrected chi connectivity index (χ2v) is 4.24. The van der Waals surface area contributed by atoms with Crippen molar-refractivity contribution in [3.05, 3.63) is 41.9 Å². The summed E-state index contributed by atoms with van der Waals surface area (Å²) in [5.74, 6) is 0.588. The topological polar surface area (TPSA) is 41.5 Å². The van der Waals surface area contributed by atoms with Gasteiger partial charge in [-0.05, 0) is 19.1 Å². The minimum Gasteiger partial charge on any atom is -0.489 e. The van der Waals surface area contributed by atoms with Gasteiger partial charge >= 0.3 is 0 Å². The number of halogens is 1. The van der Waals surface area contributed by atoms with Crippen LogP contribution in [-0.2, 0) is 0 Å². The average molecular weight is 256 g/mol. The Labute approximate surface area is 107 Å². The van der Waals surface area contributed by atoms with Crippen molar-refractivity contribution in [2.75, 3.05) is 13.2 Å². The number of rotatable bonds is 7. The average Bonchev–Trinajstić information content (AvgIpc) is 2.35. The molecule has 2 atom stereocenters. The van der Waals surface area contributed by atoms with Gasteiger partial charge in [-0.25, -0.2) is 0 Å². The van der Waals surface area contributed by atoms with E-state index in [1.807, 2.05) is 19.1 Å². The first kappa shape index (κ1) is 14.0. The molecule has 1 aromatic rings. The summed E-state index contributed by atoms with van der Waals surface area (Å²) in [7, 11) is 0. The van der Waals surface area contributed by atoms with Gasteiger partial charge in [0.25, 0.3) is 0 Å². The van der Waals surface area contributed by atoms with Gasteiger partial charge in [0.2, 0.25) is 0 Å². The van der Waals surface area contributed by atoms with E-state index in [9.17, 15) is 5.11 Å². The summed E-state index contributed by atoms with van der Waals surface area (Å²) in [5, 5.41) is 13.3. The molecule has 17 heavy (non-hydrogen) atoms. The number of aliphatic hydroxyl groups excluding tert-OH is 1. The zero-order valence-electron chi connectivity index (χ0n) is 9.90. The fourth-order valence-electron chi connectivity index (χ4n) is 1.21. The van der Waals surface area contributed by atoms with Crippen LogP contribution in [0.4, 0.5) is 0 Å². The van der Waals surface area contributed by atoms with E-state index in [1.54, 1.807) is 18.2 Å². The van der Waals surface area contributed by atoms with E-state index in [1.165, 1.54) is 0 Å². The Morgan fingerprint density at radius 2 is 2.24 bits per heavy atom. The Bertz CT molecular complexity index is 357. The standard InChI is InChI=1S/C13H18ClNO2/c1-3-10(2)15-8-11(16)9-17-13-7-5-4-6-12(13)14/h3-7,10-11,15-16H,1,8-9H2,2H3. The fourth-order valence-corrected chi connectivity index (χ4v) is 1.40. The van der Waals surface area contributed by atoms with Gasteiger partial charge in [-0.2, -0.15) is 0 Å². The number of nitrogens with one attached hydrogen (secondary N) is 1. The number of benzene rings is 1. The van der Waals surface area contributed by atoms with Crippen LogP contribution in [0.2, 0.25) is 5.02 Å². The molecule has 0 aliphatic heterocycles. The molecule has 3 nitrogen and oxygen atoms in total. The zero-order chi connectivity index (χ0) is 12.7. The maximum Gasteiger partial charge on any atom is 0.138 e. The van der Waals surface area contributed by atoms with Crippen molar-refractivity contribution in [3.8, 4) is 5.75 Å². The highest BCUT2D eigenvalue weighted by molar-refractivity contribution is 6.32. The first-order chi connectivity index (χ1) is 8.13. The lowest BCUT2D eigenvalue weighted by Gasteiger charge is -2.15. The Morgan fingerprint density at radius 1 is 1.53 bits per heavy atom. The summed E-state index contributed by atoms with van der Waals surface area (Å²) in [4.78, 5) is 0. The van der Waals surface area contributed by atoms with Gasteiger partial charge in [0.1, 0.15) is 18.5 Å². The lowest BCUT2D eigenvalue weighted by atomic mass is 10.3. The quantitative estimate of drug-likeness (QED) is 0.735. The van der Waals surface area contributed by atoms with Gasteiger partial charge in [-0.1, -0.05) is 29.8 Å². The highest BCUT2D eigenvalue weighted by atomic mass is 35.5. The van der Waals surface area contributed by atoms with Gasteiger partial charge in [-0.3, -0.25) is 0 Å². The van der Waals surface area contributed by atoms with Crippen LogP contribution in [0.25, 0.3) is 0 Å². The molecule has 4 heteroatoms. The largest absolute Gasteiger partial charge is 0.489 e. The van der Waals surface area contributed by atoms with Crippen LogP contribution in [0, 0.1) is 0 Å². The van der Waals surface area contributed by atoms with Gasteiger partial charge < -0.3 is 15.2 Å². The van der Waals surface area contributed by atoms with E-state index < -0.39 is 6.10 Å². The molecule has 0 amide bonds. The Hall–Kier alpha value is -1.03. The van der Waals surface area contributed by atoms with E-state index in [0.717, 1.165) is 0 Å². The third-order valence-corrected chi connectivity index (χ3v) is 2.61. The van der Waals surface area contributed by atoms with Crippen LogP contribution in [0.3, 0.4) is 0 Å². The summed E-state index contributed by atoms with van der Waals surface area (Å²) in [5.41, 5.74) is 0. The lowest BCUT2D eigenvalue weighted by Crippen LogP contribution is -2.35. The second kappa shape index (κ2) is 7.33. The van der Waals surface area contributed by atoms with Crippen LogP contribution in [0.15, 0.2) is 36.9 Å². The minimum atomic E-state index is -0.575. The van der Waals surface area contributed by atoms with E-state index in [2.05, 4.69) is 11.9 Å². The molecule has 0 saturated carbocycles. The normalized spacial score (nSPS) is 14.1. The smallest absolute Gasteiger partial charge is 0.138 e. The Kier molecular flexibility index (Phi) is 6.05. The number of aliphatic hydroxyl groups is 1. The summed E-state index contributed by atoms with van der Waals surface area (Å²) >= 11 is 5.92. The molecule has 0 aromatic heterocycles. The van der Waals surface area contributed by atoms with Crippen LogP contribution in [0.1, 0.15) is 6.92 Å². The molecular weight excluding hydrogens is 238 g/mol. The van der Waals surface area contributed by atoms with Crippen molar-refractivity contribution >= 4 is 11.6 Å². The minimum absolute atomic E-state index is 0.171. The van der Waals surface area contributed by atoms with Crippen molar-refractivity contribution < 1.29 is 9.84 Å². The third-order valence-electron chi connectivity index (χ3n) is 2.30. The molecule has 0 bridgehead atoms. The molecule has 1 rings (SSSR count). The van der Waals surface area contributed by atoms with Gasteiger partial charge in [-0.15, -0.1) is 6.58 Å². The second-order valence-electron chi connectivity index (χ2n) is 3.83. The molecule has 0 aliphatic rings. The van der Waals surface area contributed by atoms with E-state index in [-0.39, 0.29) is 12.6 Å². The number of hydrogen-bond acceptors (Lipinski definition) is 3. The van der Waals surface area contributed by atoms with Crippen molar-refractivity contribution in [1.82, 2.24) is 5.32 Å². The van der Waals surface area contributed by atoms with E-state index >= 15 is 0 Å². The monoisotopic (exact) mass is 255 g/mol. The van der Waals surface area contributed by atoms with Crippen LogP contribution >= 0.6 is 11.6 Å². The van der Waals surface area contributed by atoms with Crippen molar-refractivity contribution in [3.63, 3.8) is 0 Å². The van der Waals surface area contributed by atoms with Crippen molar-refractivity contribution in [2.24, 2.45) is 0 Å². The zero-order valence-corrected chi connectivity index (χ0v) is 10.7. The summed E-state index contributed by atoms with van der Waals surface area (Å²) in [6.45, 7) is 6.28. The molecule has 2 unspecified atom stereocenters. The molecule has 0 fully saturated rings. The molecule has 0 aliphatic carbocycles. The predicted molar refractivity (Wildman–Crippen MR) is 70.6 cm³/mol. The van der Waals surface area contributed by atoms with E-state index in [0.29, 0.717) is 17.3 Å². The van der Waals surface area contributed by atoms with Gasteiger partial charge in [0.15, 0.2) is 0 Å². The third kappa shape index (κ3) is 5.22. The highest BCUT2D eigenvalue weighted by Gasteiger charge is 2.07. The number of ether oxygens (including phenoxy) is 1. The summed E-state index contributed by atoms with van der Waals surface area (Å²) < 4.78 is 5.42. The summed E-state index contributed by atoms with van der Waals surface area (Å²) in [6.07, 6.45) is 1.20. The maximum absolute atomic E-state index is 9.68. The highest BCUT2D eigenvalue weighted by Crippen LogP contribution is 2.22. The fraction of sp³-hybridized carbons (Fsp3) is 0.385. The van der Waals surface area contributed by atoms with Gasteiger partial charge in [0, 0.05) is 12.6 Å². The van der Waals surface area contributed by atoms with Crippen LogP contribution < -0.4 is 10.1 Å². The maximum atomic E-state index is 9.68. The molecule has 0 saturated heterocycles. The molecule has 0 radical (unpaired) electrons. The Balaban J connectivity index is 2.31.